The van der Waals surface area contributed by atoms with E-state index in [4.69, 9.17) is 0 Å². The zero-order chi connectivity index (χ0) is 20.7. The lowest BCUT2D eigenvalue weighted by Crippen LogP contribution is -2.41. The molecule has 2 aromatic carbocycles. The Labute approximate surface area is 161 Å². The van der Waals surface area contributed by atoms with E-state index in [-0.39, 0.29) is 30.0 Å². The average Bonchev–Trinajstić information content (AvgIpc) is 2.67. The molecule has 0 saturated carbocycles. The number of benzene rings is 2. The van der Waals surface area contributed by atoms with E-state index in [2.05, 4.69) is 16.2 Å². The van der Waals surface area contributed by atoms with Crippen molar-refractivity contribution in [1.82, 2.24) is 10.9 Å². The van der Waals surface area contributed by atoms with Gasteiger partial charge in [0.2, 0.25) is 11.8 Å². The zero-order valence-corrected chi connectivity index (χ0v) is 15.4. The van der Waals surface area contributed by atoms with Crippen LogP contribution in [-0.4, -0.2) is 22.6 Å². The van der Waals surface area contributed by atoms with Crippen LogP contribution >= 0.6 is 0 Å². The molecule has 0 fully saturated rings. The van der Waals surface area contributed by atoms with Gasteiger partial charge >= 0.3 is 0 Å². The molecule has 0 radical (unpaired) electrons. The minimum atomic E-state index is -0.622. The lowest BCUT2D eigenvalue weighted by atomic mass is 10.1. The van der Waals surface area contributed by atoms with Crippen molar-refractivity contribution in [1.29, 1.82) is 0 Å². The van der Waals surface area contributed by atoms with Gasteiger partial charge in [0.25, 0.3) is 11.6 Å². The summed E-state index contributed by atoms with van der Waals surface area (Å²) >= 11 is 0. The van der Waals surface area contributed by atoms with E-state index < -0.39 is 16.7 Å². The first kappa shape index (κ1) is 20.6. The predicted molar refractivity (Wildman–Crippen MR) is 102 cm³/mol. The second kappa shape index (κ2) is 9.26. The molecule has 9 nitrogen and oxygen atoms in total. The highest BCUT2D eigenvalue weighted by Crippen LogP contribution is 2.16. The second-order valence-corrected chi connectivity index (χ2v) is 6.17. The molecule has 9 heteroatoms. The van der Waals surface area contributed by atoms with Crippen LogP contribution in [0.25, 0.3) is 0 Å². The van der Waals surface area contributed by atoms with Crippen molar-refractivity contribution < 1.29 is 19.3 Å². The van der Waals surface area contributed by atoms with Crippen LogP contribution in [0.3, 0.4) is 0 Å². The molecule has 3 amide bonds. The number of carbonyl (C=O) groups is 3. The third-order valence-corrected chi connectivity index (χ3v) is 3.90. The molecule has 0 aliphatic carbocycles. The standard InChI is InChI=1S/C19H20N4O5/c1-12-3-4-13(2)16(11-12)20-17(24)9-10-18(25)21-22-19(26)14-5-7-15(8-6-14)23(27)28/h3-8,11H,9-10H2,1-2H3,(H,20,24)(H,21,25)(H,22,26). The van der Waals surface area contributed by atoms with Gasteiger partial charge < -0.3 is 5.32 Å². The van der Waals surface area contributed by atoms with E-state index in [1.165, 1.54) is 24.3 Å². The lowest BCUT2D eigenvalue weighted by molar-refractivity contribution is -0.384. The molecular weight excluding hydrogens is 364 g/mol. The summed E-state index contributed by atoms with van der Waals surface area (Å²) in [5.41, 5.74) is 7.03. The first-order valence-corrected chi connectivity index (χ1v) is 8.47. The highest BCUT2D eigenvalue weighted by atomic mass is 16.6. The third kappa shape index (κ3) is 5.90. The van der Waals surface area contributed by atoms with Gasteiger partial charge in [-0.2, -0.15) is 0 Å². The molecule has 3 N–H and O–H groups in total. The number of nitro groups is 1. The number of nitrogens with one attached hydrogen (secondary N) is 3. The Morgan fingerprint density at radius 2 is 1.57 bits per heavy atom. The fraction of sp³-hybridized carbons (Fsp3) is 0.211. The molecule has 0 unspecified atom stereocenters. The minimum Gasteiger partial charge on any atom is -0.326 e. The summed E-state index contributed by atoms with van der Waals surface area (Å²) in [4.78, 5) is 45.7. The highest BCUT2D eigenvalue weighted by Gasteiger charge is 2.12. The van der Waals surface area contributed by atoms with Crippen molar-refractivity contribution in [2.24, 2.45) is 0 Å². The number of non-ortho nitro benzene ring substituents is 1. The molecule has 0 spiro atoms. The van der Waals surface area contributed by atoms with Crippen LogP contribution in [0, 0.1) is 24.0 Å². The Morgan fingerprint density at radius 1 is 0.929 bits per heavy atom. The van der Waals surface area contributed by atoms with Gasteiger partial charge in [0.1, 0.15) is 0 Å². The number of hydrogen-bond donors (Lipinski definition) is 3. The van der Waals surface area contributed by atoms with E-state index in [0.29, 0.717) is 5.69 Å². The maximum atomic E-state index is 12.0. The van der Waals surface area contributed by atoms with Gasteiger partial charge in [-0.15, -0.1) is 0 Å². The Hall–Kier alpha value is -3.75. The number of rotatable bonds is 6. The molecule has 146 valence electrons. The second-order valence-electron chi connectivity index (χ2n) is 6.17. The van der Waals surface area contributed by atoms with Gasteiger partial charge in [-0.25, -0.2) is 0 Å². The van der Waals surface area contributed by atoms with Crippen molar-refractivity contribution in [2.75, 3.05) is 5.32 Å². The van der Waals surface area contributed by atoms with Crippen molar-refractivity contribution >= 4 is 29.1 Å². The van der Waals surface area contributed by atoms with E-state index >= 15 is 0 Å². The fourth-order valence-electron chi connectivity index (χ4n) is 2.31. The number of aryl methyl sites for hydroxylation is 2. The van der Waals surface area contributed by atoms with Crippen LogP contribution in [0.15, 0.2) is 42.5 Å². The molecule has 0 heterocycles. The van der Waals surface area contributed by atoms with Crippen LogP contribution in [0.1, 0.15) is 34.3 Å². The Bertz CT molecular complexity index is 909. The van der Waals surface area contributed by atoms with Crippen molar-refractivity contribution in [3.05, 3.63) is 69.3 Å². The normalized spacial score (nSPS) is 10.1. The van der Waals surface area contributed by atoms with Crippen molar-refractivity contribution in [3.8, 4) is 0 Å². The van der Waals surface area contributed by atoms with Gasteiger partial charge in [0.15, 0.2) is 0 Å². The molecule has 0 atom stereocenters. The summed E-state index contributed by atoms with van der Waals surface area (Å²) in [6.45, 7) is 3.78. The Balaban J connectivity index is 1.77. The number of anilines is 1. The predicted octanol–water partition coefficient (Wildman–Crippen LogP) is 2.39. The van der Waals surface area contributed by atoms with E-state index in [1.807, 2.05) is 32.0 Å². The number of nitro benzene ring substituents is 1. The number of hydrogen-bond acceptors (Lipinski definition) is 5. The monoisotopic (exact) mass is 384 g/mol. The SMILES string of the molecule is Cc1ccc(C)c(NC(=O)CCC(=O)NNC(=O)c2ccc([N+](=O)[O-])cc2)c1. The first-order chi connectivity index (χ1) is 13.3. The summed E-state index contributed by atoms with van der Waals surface area (Å²) in [5, 5.41) is 13.3. The van der Waals surface area contributed by atoms with Gasteiger partial charge in [-0.3, -0.25) is 35.3 Å². The van der Waals surface area contributed by atoms with Crippen LogP contribution in [0.5, 0.6) is 0 Å². The molecule has 0 aliphatic heterocycles. The maximum Gasteiger partial charge on any atom is 0.269 e. The first-order valence-electron chi connectivity index (χ1n) is 8.47. The Morgan fingerprint density at radius 3 is 2.21 bits per heavy atom. The van der Waals surface area contributed by atoms with Gasteiger partial charge in [0, 0.05) is 36.2 Å². The Kier molecular flexibility index (Phi) is 6.80. The molecule has 0 aromatic heterocycles. The molecular formula is C19H20N4O5. The number of carbonyl (C=O) groups excluding carboxylic acids is 3. The lowest BCUT2D eigenvalue weighted by Gasteiger charge is -2.10. The number of nitrogens with zero attached hydrogens (tertiary/aromatic N) is 1. The summed E-state index contributed by atoms with van der Waals surface area (Å²) in [6.07, 6.45) is -0.163. The molecule has 28 heavy (non-hydrogen) atoms. The van der Waals surface area contributed by atoms with Crippen LogP contribution < -0.4 is 16.2 Å². The number of hydrazine groups is 1. The topological polar surface area (TPSA) is 130 Å². The summed E-state index contributed by atoms with van der Waals surface area (Å²) in [5.74, 6) is -1.47. The fourth-order valence-corrected chi connectivity index (χ4v) is 2.31. The van der Waals surface area contributed by atoms with Crippen molar-refractivity contribution in [2.45, 2.75) is 26.7 Å². The summed E-state index contributed by atoms with van der Waals surface area (Å²) < 4.78 is 0. The van der Waals surface area contributed by atoms with E-state index in [9.17, 15) is 24.5 Å². The maximum absolute atomic E-state index is 12.0. The van der Waals surface area contributed by atoms with Gasteiger partial charge in [-0.05, 0) is 43.2 Å². The number of amides is 3. The molecule has 2 aromatic rings. The average molecular weight is 384 g/mol. The van der Waals surface area contributed by atoms with Crippen LogP contribution in [0.4, 0.5) is 11.4 Å². The zero-order valence-electron chi connectivity index (χ0n) is 15.4. The van der Waals surface area contributed by atoms with Crippen LogP contribution in [0.2, 0.25) is 0 Å². The summed E-state index contributed by atoms with van der Waals surface area (Å²) in [7, 11) is 0. The summed E-state index contributed by atoms with van der Waals surface area (Å²) in [6, 6.07) is 10.6. The minimum absolute atomic E-state index is 0.0490. The smallest absolute Gasteiger partial charge is 0.269 e. The molecule has 0 aliphatic rings. The van der Waals surface area contributed by atoms with E-state index in [0.717, 1.165) is 11.1 Å². The van der Waals surface area contributed by atoms with Gasteiger partial charge in [0.05, 0.1) is 4.92 Å². The quantitative estimate of drug-likeness (QED) is 0.520. The third-order valence-electron chi connectivity index (χ3n) is 3.90. The van der Waals surface area contributed by atoms with Crippen LogP contribution in [-0.2, 0) is 9.59 Å². The molecule has 0 saturated heterocycles. The molecule has 2 rings (SSSR count). The largest absolute Gasteiger partial charge is 0.326 e. The molecule has 0 bridgehead atoms. The highest BCUT2D eigenvalue weighted by molar-refractivity contribution is 5.96. The van der Waals surface area contributed by atoms with Crippen molar-refractivity contribution in [3.63, 3.8) is 0 Å². The van der Waals surface area contributed by atoms with E-state index in [1.54, 1.807) is 0 Å². The van der Waals surface area contributed by atoms with Gasteiger partial charge in [-0.1, -0.05) is 12.1 Å².